The number of rotatable bonds is 4. The molecule has 1 unspecified atom stereocenters. The second kappa shape index (κ2) is 5.84. The third-order valence-corrected chi connectivity index (χ3v) is 4.62. The van der Waals surface area contributed by atoms with Gasteiger partial charge in [0.25, 0.3) is 0 Å². The lowest BCUT2D eigenvalue weighted by molar-refractivity contribution is 0.624. The summed E-state index contributed by atoms with van der Waals surface area (Å²) in [5.74, 6) is -0.0627. The maximum Gasteiger partial charge on any atom is 0.123 e. The molecular formula is C13H14ClFN2OS. The average molecular weight is 301 g/mol. The molecule has 1 aromatic carbocycles. The summed E-state index contributed by atoms with van der Waals surface area (Å²) in [6, 6.07) is 5.66. The highest BCUT2D eigenvalue weighted by molar-refractivity contribution is 7.84. The van der Waals surface area contributed by atoms with E-state index in [1.165, 1.54) is 24.3 Å². The van der Waals surface area contributed by atoms with Crippen molar-refractivity contribution in [2.24, 2.45) is 0 Å². The van der Waals surface area contributed by atoms with Crippen molar-refractivity contribution >= 4 is 22.4 Å². The van der Waals surface area contributed by atoms with Crippen molar-refractivity contribution < 1.29 is 8.60 Å². The van der Waals surface area contributed by atoms with Gasteiger partial charge in [0.15, 0.2) is 0 Å². The Hall–Kier alpha value is -1.20. The standard InChI is InChI=1S/C13H14ClFN2OS/c1-3-17-12(13(14)9(2)16-17)8-19(18)11-6-4-10(15)5-7-11/h4-7H,3,8H2,1-2H3. The Balaban J connectivity index is 2.26. The molecule has 0 N–H and O–H groups in total. The first-order valence-corrected chi connectivity index (χ1v) is 7.58. The van der Waals surface area contributed by atoms with Crippen LogP contribution >= 0.6 is 11.6 Å². The lowest BCUT2D eigenvalue weighted by Gasteiger charge is -2.05. The normalized spacial score (nSPS) is 12.6. The van der Waals surface area contributed by atoms with Gasteiger partial charge in [0.1, 0.15) is 5.82 Å². The highest BCUT2D eigenvalue weighted by Gasteiger charge is 2.16. The predicted octanol–water partition coefficient (Wildman–Crippen LogP) is 3.31. The van der Waals surface area contributed by atoms with Crippen LogP contribution in [0.4, 0.5) is 4.39 Å². The van der Waals surface area contributed by atoms with Crippen LogP contribution in [0.15, 0.2) is 29.2 Å². The van der Waals surface area contributed by atoms with E-state index in [0.29, 0.717) is 16.5 Å². The fourth-order valence-electron chi connectivity index (χ4n) is 1.80. The fraction of sp³-hybridized carbons (Fsp3) is 0.308. The van der Waals surface area contributed by atoms with E-state index < -0.39 is 10.8 Å². The molecule has 6 heteroatoms. The van der Waals surface area contributed by atoms with Crippen LogP contribution in [-0.2, 0) is 23.1 Å². The topological polar surface area (TPSA) is 34.9 Å². The molecule has 1 atom stereocenters. The number of aryl methyl sites for hydroxylation is 2. The van der Waals surface area contributed by atoms with Crippen molar-refractivity contribution in [1.29, 1.82) is 0 Å². The van der Waals surface area contributed by atoms with Crippen LogP contribution in [0.1, 0.15) is 18.3 Å². The molecule has 0 bridgehead atoms. The minimum Gasteiger partial charge on any atom is -0.267 e. The summed E-state index contributed by atoms with van der Waals surface area (Å²) in [5.41, 5.74) is 1.49. The number of nitrogens with zero attached hydrogens (tertiary/aromatic N) is 2. The summed E-state index contributed by atoms with van der Waals surface area (Å²) >= 11 is 6.17. The second-order valence-electron chi connectivity index (χ2n) is 4.11. The van der Waals surface area contributed by atoms with E-state index in [1.54, 1.807) is 4.68 Å². The minimum atomic E-state index is -1.26. The van der Waals surface area contributed by atoms with Crippen LogP contribution in [0.5, 0.6) is 0 Å². The molecule has 1 heterocycles. The van der Waals surface area contributed by atoms with Gasteiger partial charge in [0.05, 0.1) is 33.0 Å². The van der Waals surface area contributed by atoms with Crippen LogP contribution < -0.4 is 0 Å². The van der Waals surface area contributed by atoms with Gasteiger partial charge in [-0.3, -0.25) is 8.89 Å². The van der Waals surface area contributed by atoms with Gasteiger partial charge in [0, 0.05) is 11.4 Å². The summed E-state index contributed by atoms with van der Waals surface area (Å²) in [4.78, 5) is 0.582. The van der Waals surface area contributed by atoms with Crippen LogP contribution in [0.2, 0.25) is 5.02 Å². The molecule has 102 valence electrons. The van der Waals surface area contributed by atoms with E-state index in [-0.39, 0.29) is 11.6 Å². The Morgan fingerprint density at radius 2 is 2.00 bits per heavy atom. The van der Waals surface area contributed by atoms with Crippen LogP contribution in [0.3, 0.4) is 0 Å². The van der Waals surface area contributed by atoms with Gasteiger partial charge in [-0.2, -0.15) is 5.10 Å². The monoisotopic (exact) mass is 300 g/mol. The molecule has 2 rings (SSSR count). The van der Waals surface area contributed by atoms with Crippen molar-refractivity contribution in [2.75, 3.05) is 0 Å². The molecule has 0 aliphatic rings. The van der Waals surface area contributed by atoms with Gasteiger partial charge < -0.3 is 0 Å². The summed E-state index contributed by atoms with van der Waals surface area (Å²) in [7, 11) is -1.26. The van der Waals surface area contributed by atoms with Gasteiger partial charge in [-0.1, -0.05) is 11.6 Å². The molecule has 0 spiro atoms. The molecule has 0 fully saturated rings. The summed E-state index contributed by atoms with van der Waals surface area (Å²) in [5, 5.41) is 4.83. The quantitative estimate of drug-likeness (QED) is 0.868. The number of hydrogen-bond acceptors (Lipinski definition) is 2. The van der Waals surface area contributed by atoms with E-state index in [9.17, 15) is 8.60 Å². The Morgan fingerprint density at radius 1 is 1.37 bits per heavy atom. The zero-order valence-electron chi connectivity index (χ0n) is 10.7. The van der Waals surface area contributed by atoms with E-state index >= 15 is 0 Å². The van der Waals surface area contributed by atoms with Crippen molar-refractivity contribution in [3.8, 4) is 0 Å². The van der Waals surface area contributed by atoms with E-state index in [2.05, 4.69) is 5.10 Å². The number of aromatic nitrogens is 2. The van der Waals surface area contributed by atoms with Gasteiger partial charge >= 0.3 is 0 Å². The third-order valence-electron chi connectivity index (χ3n) is 2.80. The first kappa shape index (κ1) is 14.2. The number of halogens is 2. The smallest absolute Gasteiger partial charge is 0.123 e. The fourth-order valence-corrected chi connectivity index (χ4v) is 3.23. The molecule has 19 heavy (non-hydrogen) atoms. The first-order valence-electron chi connectivity index (χ1n) is 5.88. The second-order valence-corrected chi connectivity index (χ2v) is 5.93. The van der Waals surface area contributed by atoms with Gasteiger partial charge in [-0.05, 0) is 38.1 Å². The zero-order chi connectivity index (χ0) is 14.0. The SMILES string of the molecule is CCn1nc(C)c(Cl)c1CS(=O)c1ccc(F)cc1. The largest absolute Gasteiger partial charge is 0.267 e. The number of hydrogen-bond donors (Lipinski definition) is 0. The Labute approximate surface area is 118 Å². The van der Waals surface area contributed by atoms with E-state index in [1.807, 2.05) is 13.8 Å². The van der Waals surface area contributed by atoms with E-state index in [4.69, 9.17) is 11.6 Å². The lowest BCUT2D eigenvalue weighted by atomic mass is 10.3. The molecule has 1 aromatic heterocycles. The molecule has 0 saturated carbocycles. The van der Waals surface area contributed by atoms with Gasteiger partial charge in [0.2, 0.25) is 0 Å². The van der Waals surface area contributed by atoms with Crippen LogP contribution in [-0.4, -0.2) is 14.0 Å². The molecular weight excluding hydrogens is 287 g/mol. The molecule has 2 aromatic rings. The van der Waals surface area contributed by atoms with E-state index in [0.717, 1.165) is 11.4 Å². The Kier molecular flexibility index (Phi) is 4.37. The molecule has 0 aliphatic heterocycles. The van der Waals surface area contributed by atoms with Crippen molar-refractivity contribution in [3.63, 3.8) is 0 Å². The maximum absolute atomic E-state index is 12.8. The van der Waals surface area contributed by atoms with Crippen molar-refractivity contribution in [3.05, 3.63) is 46.5 Å². The Bertz CT molecular complexity index is 610. The van der Waals surface area contributed by atoms with Crippen molar-refractivity contribution in [2.45, 2.75) is 31.0 Å². The molecule has 0 saturated heterocycles. The Morgan fingerprint density at radius 3 is 2.58 bits per heavy atom. The van der Waals surface area contributed by atoms with Gasteiger partial charge in [-0.25, -0.2) is 4.39 Å². The summed E-state index contributed by atoms with van der Waals surface area (Å²) in [6.45, 7) is 4.44. The van der Waals surface area contributed by atoms with Gasteiger partial charge in [-0.15, -0.1) is 0 Å². The molecule has 0 aliphatic carbocycles. The number of benzene rings is 1. The lowest BCUT2D eigenvalue weighted by Crippen LogP contribution is -2.06. The molecule has 3 nitrogen and oxygen atoms in total. The predicted molar refractivity (Wildman–Crippen MR) is 74.2 cm³/mol. The highest BCUT2D eigenvalue weighted by Crippen LogP contribution is 2.23. The van der Waals surface area contributed by atoms with Crippen LogP contribution in [0.25, 0.3) is 0 Å². The summed E-state index contributed by atoms with van der Waals surface area (Å²) in [6.07, 6.45) is 0. The molecule has 0 amide bonds. The van der Waals surface area contributed by atoms with Crippen molar-refractivity contribution in [1.82, 2.24) is 9.78 Å². The highest BCUT2D eigenvalue weighted by atomic mass is 35.5. The average Bonchev–Trinajstić information content (AvgIpc) is 2.67. The molecule has 0 radical (unpaired) electrons. The minimum absolute atomic E-state index is 0.277. The maximum atomic E-state index is 12.8. The summed E-state index contributed by atoms with van der Waals surface area (Å²) < 4.78 is 26.8. The zero-order valence-corrected chi connectivity index (χ0v) is 12.3. The van der Waals surface area contributed by atoms with Crippen LogP contribution in [0, 0.1) is 12.7 Å². The first-order chi connectivity index (χ1) is 9.02. The third kappa shape index (κ3) is 3.04.